The topological polar surface area (TPSA) is 67.6 Å². The highest BCUT2D eigenvalue weighted by Crippen LogP contribution is 2.30. The van der Waals surface area contributed by atoms with Crippen molar-refractivity contribution in [1.82, 2.24) is 4.90 Å². The summed E-state index contributed by atoms with van der Waals surface area (Å²) in [5.74, 6) is 0.211. The Bertz CT molecular complexity index is 884. The van der Waals surface area contributed by atoms with Gasteiger partial charge in [0, 0.05) is 29.8 Å². The molecule has 1 aliphatic rings. The van der Waals surface area contributed by atoms with Gasteiger partial charge in [-0.25, -0.2) is 8.42 Å². The molecule has 1 amide bonds. The maximum atomic E-state index is 13.2. The molecular weight excluding hydrogens is 338 g/mol. The Balaban J connectivity index is 2.07. The van der Waals surface area contributed by atoms with Crippen molar-refractivity contribution in [2.75, 3.05) is 12.8 Å². The van der Waals surface area contributed by atoms with Crippen LogP contribution in [0.25, 0.3) is 11.0 Å². The zero-order valence-corrected chi connectivity index (χ0v) is 15.8. The summed E-state index contributed by atoms with van der Waals surface area (Å²) in [6, 6.07) is 7.35. The average molecular weight is 363 g/mol. The fourth-order valence-corrected chi connectivity index (χ4v) is 4.43. The first kappa shape index (κ1) is 18.0. The molecule has 5 nitrogen and oxygen atoms in total. The van der Waals surface area contributed by atoms with Crippen molar-refractivity contribution in [2.24, 2.45) is 5.92 Å². The number of likely N-dealkylation sites (tertiary alicyclic amines) is 1. The fourth-order valence-electron chi connectivity index (χ4n) is 3.62. The molecule has 2 heterocycles. The van der Waals surface area contributed by atoms with Gasteiger partial charge in [-0.15, -0.1) is 0 Å². The van der Waals surface area contributed by atoms with Crippen LogP contribution in [0.3, 0.4) is 0 Å². The molecule has 25 heavy (non-hydrogen) atoms. The summed E-state index contributed by atoms with van der Waals surface area (Å²) in [4.78, 5) is 15.1. The maximum absolute atomic E-state index is 13.2. The molecule has 3 rings (SSSR count). The Kier molecular flexibility index (Phi) is 4.91. The molecule has 6 heteroatoms. The van der Waals surface area contributed by atoms with Crippen LogP contribution in [0.5, 0.6) is 0 Å². The molecule has 2 atom stereocenters. The van der Waals surface area contributed by atoms with E-state index in [-0.39, 0.29) is 23.5 Å². The van der Waals surface area contributed by atoms with Gasteiger partial charge in [-0.05, 0) is 31.7 Å². The summed E-state index contributed by atoms with van der Waals surface area (Å²) >= 11 is 0. The van der Waals surface area contributed by atoms with Crippen LogP contribution in [-0.2, 0) is 15.6 Å². The van der Waals surface area contributed by atoms with Gasteiger partial charge in [-0.2, -0.15) is 0 Å². The first-order valence-corrected chi connectivity index (χ1v) is 10.8. The Morgan fingerprint density at radius 3 is 2.68 bits per heavy atom. The van der Waals surface area contributed by atoms with Gasteiger partial charge < -0.3 is 9.32 Å². The molecule has 0 spiro atoms. The molecule has 0 saturated carbocycles. The van der Waals surface area contributed by atoms with Crippen molar-refractivity contribution in [3.8, 4) is 0 Å². The number of para-hydroxylation sites is 1. The van der Waals surface area contributed by atoms with E-state index in [4.69, 9.17) is 4.42 Å². The number of fused-ring (bicyclic) bond motifs is 1. The quantitative estimate of drug-likeness (QED) is 0.835. The number of furan rings is 1. The van der Waals surface area contributed by atoms with Crippen molar-refractivity contribution in [3.63, 3.8) is 0 Å². The van der Waals surface area contributed by atoms with Crippen LogP contribution in [0.1, 0.15) is 49.2 Å². The number of sulfone groups is 1. The molecular formula is C19H25NO4S. The number of amides is 1. The van der Waals surface area contributed by atoms with E-state index in [0.717, 1.165) is 19.3 Å². The van der Waals surface area contributed by atoms with E-state index < -0.39 is 9.84 Å². The van der Waals surface area contributed by atoms with Gasteiger partial charge in [-0.3, -0.25) is 4.79 Å². The number of hydrogen-bond acceptors (Lipinski definition) is 4. The summed E-state index contributed by atoms with van der Waals surface area (Å²) in [6.45, 7) is 4.87. The van der Waals surface area contributed by atoms with Crippen molar-refractivity contribution >= 4 is 26.7 Å². The van der Waals surface area contributed by atoms with E-state index in [1.54, 1.807) is 6.07 Å². The lowest BCUT2D eigenvalue weighted by atomic mass is 10.1. The second-order valence-electron chi connectivity index (χ2n) is 7.32. The number of carbonyl (C=O) groups excluding carboxylic acids is 1. The molecule has 0 bridgehead atoms. The number of hydrogen-bond donors (Lipinski definition) is 0. The minimum atomic E-state index is -3.29. The molecule has 1 saturated heterocycles. The summed E-state index contributed by atoms with van der Waals surface area (Å²) in [7, 11) is -3.29. The van der Waals surface area contributed by atoms with E-state index in [2.05, 4.69) is 13.8 Å². The van der Waals surface area contributed by atoms with Crippen molar-refractivity contribution in [2.45, 2.75) is 44.9 Å². The van der Waals surface area contributed by atoms with Crippen molar-refractivity contribution in [1.29, 1.82) is 0 Å². The first-order valence-electron chi connectivity index (χ1n) is 8.75. The van der Waals surface area contributed by atoms with Crippen molar-refractivity contribution < 1.29 is 17.6 Å². The molecule has 1 aromatic heterocycles. The lowest BCUT2D eigenvalue weighted by molar-refractivity contribution is 0.0646. The molecule has 0 unspecified atom stereocenters. The molecule has 2 aromatic rings. The predicted octanol–water partition coefficient (Wildman–Crippen LogP) is 3.63. The van der Waals surface area contributed by atoms with E-state index in [0.29, 0.717) is 29.0 Å². The standard InChI is InChI=1S/C19H25NO4S/c1-13-7-6-8-14(2)20(11-13)19(21)18-16(12-25(3,22)23)15-9-4-5-10-17(15)24-18/h4-5,9-10,13-14H,6-8,11-12H2,1-3H3/t13-,14+/m0/s1. The van der Waals surface area contributed by atoms with Crippen molar-refractivity contribution in [3.05, 3.63) is 35.6 Å². The minimum Gasteiger partial charge on any atom is -0.451 e. The van der Waals surface area contributed by atoms with Gasteiger partial charge in [0.05, 0.1) is 5.75 Å². The summed E-state index contributed by atoms with van der Waals surface area (Å²) in [5, 5.41) is 0.701. The van der Waals surface area contributed by atoms with Crippen LogP contribution in [0.4, 0.5) is 0 Å². The van der Waals surface area contributed by atoms with Crippen LogP contribution in [0, 0.1) is 5.92 Å². The van der Waals surface area contributed by atoms with E-state index in [1.165, 1.54) is 6.26 Å². The maximum Gasteiger partial charge on any atom is 0.290 e. The smallest absolute Gasteiger partial charge is 0.290 e. The zero-order valence-electron chi connectivity index (χ0n) is 15.0. The average Bonchev–Trinajstić information content (AvgIpc) is 2.79. The first-order chi connectivity index (χ1) is 11.8. The van der Waals surface area contributed by atoms with E-state index in [1.807, 2.05) is 23.1 Å². The zero-order chi connectivity index (χ0) is 18.2. The lowest BCUT2D eigenvalue weighted by Crippen LogP contribution is -2.40. The van der Waals surface area contributed by atoms with Gasteiger partial charge in [0.15, 0.2) is 15.6 Å². The third-order valence-electron chi connectivity index (χ3n) is 4.92. The van der Waals surface area contributed by atoms with Gasteiger partial charge in [0.2, 0.25) is 0 Å². The Morgan fingerprint density at radius 2 is 1.96 bits per heavy atom. The second kappa shape index (κ2) is 6.83. The molecule has 0 N–H and O–H groups in total. The van der Waals surface area contributed by atoms with Crippen LogP contribution in [0.15, 0.2) is 28.7 Å². The summed E-state index contributed by atoms with van der Waals surface area (Å²) in [6.07, 6.45) is 4.34. The molecule has 136 valence electrons. The minimum absolute atomic E-state index is 0.122. The van der Waals surface area contributed by atoms with Crippen LogP contribution in [0.2, 0.25) is 0 Å². The summed E-state index contributed by atoms with van der Waals surface area (Å²) in [5.41, 5.74) is 1.03. The number of rotatable bonds is 3. The van der Waals surface area contributed by atoms with Gasteiger partial charge in [0.25, 0.3) is 5.91 Å². The third kappa shape index (κ3) is 3.89. The Morgan fingerprint density at radius 1 is 1.24 bits per heavy atom. The molecule has 1 aromatic carbocycles. The third-order valence-corrected chi connectivity index (χ3v) is 5.73. The number of benzene rings is 1. The predicted molar refractivity (Wildman–Crippen MR) is 98.3 cm³/mol. The molecule has 1 fully saturated rings. The number of nitrogens with zero attached hydrogens (tertiary/aromatic N) is 1. The van der Waals surface area contributed by atoms with Crippen LogP contribution >= 0.6 is 0 Å². The molecule has 1 aliphatic heterocycles. The second-order valence-corrected chi connectivity index (χ2v) is 9.46. The SMILES string of the molecule is C[C@H]1CCC[C@@H](C)N(C(=O)c2oc3ccccc3c2CS(C)(=O)=O)C1. The normalized spacial score (nSPS) is 22.1. The summed E-state index contributed by atoms with van der Waals surface area (Å²) < 4.78 is 29.6. The van der Waals surface area contributed by atoms with Crippen LogP contribution < -0.4 is 0 Å². The fraction of sp³-hybridized carbons (Fsp3) is 0.526. The van der Waals surface area contributed by atoms with Gasteiger partial charge in [0.1, 0.15) is 5.58 Å². The molecule has 0 aliphatic carbocycles. The Labute approximate surface area is 148 Å². The highest BCUT2D eigenvalue weighted by molar-refractivity contribution is 7.89. The highest BCUT2D eigenvalue weighted by atomic mass is 32.2. The van der Waals surface area contributed by atoms with Gasteiger partial charge >= 0.3 is 0 Å². The lowest BCUT2D eigenvalue weighted by Gasteiger charge is -2.28. The van der Waals surface area contributed by atoms with Gasteiger partial charge in [-0.1, -0.05) is 31.5 Å². The molecule has 0 radical (unpaired) electrons. The van der Waals surface area contributed by atoms with Crippen LogP contribution in [-0.4, -0.2) is 38.1 Å². The monoisotopic (exact) mass is 363 g/mol. The largest absolute Gasteiger partial charge is 0.451 e. The van der Waals surface area contributed by atoms with E-state index >= 15 is 0 Å². The highest BCUT2D eigenvalue weighted by Gasteiger charge is 2.31. The van der Waals surface area contributed by atoms with E-state index in [9.17, 15) is 13.2 Å². The number of carbonyl (C=O) groups is 1. The Hall–Kier alpha value is -1.82.